The molecular weight excluding hydrogens is 448 g/mol. The first-order valence-corrected chi connectivity index (χ1v) is 12.2. The topological polar surface area (TPSA) is 66.5 Å². The van der Waals surface area contributed by atoms with Crippen molar-refractivity contribution in [1.82, 2.24) is 10.3 Å². The fourth-order valence-electron chi connectivity index (χ4n) is 4.40. The molecular formula is C27H33ClN4O2. The van der Waals surface area contributed by atoms with Crippen LogP contribution in [0.3, 0.4) is 0 Å². The van der Waals surface area contributed by atoms with Gasteiger partial charge in [0.2, 0.25) is 0 Å². The molecule has 1 aliphatic carbocycles. The van der Waals surface area contributed by atoms with E-state index < -0.39 is 5.60 Å². The normalized spacial score (nSPS) is 18.4. The zero-order valence-electron chi connectivity index (χ0n) is 20.3. The standard InChI is InChI=1S/C27H33ClN4O2/c1-27(2,34-21-15-9-18(28)10-16-21)26(33)30-20-13-11-19(12-14-20)29-25-17-24(32(3)4)22-7-5-6-8-23(22)31-25/h5-10,15-17,19-20H,11-14H2,1-4H3,(H,29,31)(H,30,33). The number of halogens is 1. The quantitative estimate of drug-likeness (QED) is 0.457. The Morgan fingerprint density at radius 1 is 1.03 bits per heavy atom. The summed E-state index contributed by atoms with van der Waals surface area (Å²) >= 11 is 5.94. The third-order valence-electron chi connectivity index (χ3n) is 6.32. The molecule has 0 atom stereocenters. The zero-order chi connectivity index (χ0) is 24.3. The fraction of sp³-hybridized carbons (Fsp3) is 0.407. The fourth-order valence-corrected chi connectivity index (χ4v) is 4.52. The molecule has 34 heavy (non-hydrogen) atoms. The Labute approximate surface area is 206 Å². The van der Waals surface area contributed by atoms with Gasteiger partial charge in [-0.1, -0.05) is 29.8 Å². The van der Waals surface area contributed by atoms with E-state index in [9.17, 15) is 4.79 Å². The Hall–Kier alpha value is -2.99. The van der Waals surface area contributed by atoms with Crippen LogP contribution in [0.15, 0.2) is 54.6 Å². The summed E-state index contributed by atoms with van der Waals surface area (Å²) in [7, 11) is 4.11. The van der Waals surface area contributed by atoms with E-state index in [0.717, 1.165) is 48.1 Å². The van der Waals surface area contributed by atoms with Crippen LogP contribution in [0.25, 0.3) is 10.9 Å². The van der Waals surface area contributed by atoms with Gasteiger partial charge in [0.25, 0.3) is 5.91 Å². The smallest absolute Gasteiger partial charge is 0.263 e. The van der Waals surface area contributed by atoms with Crippen molar-refractivity contribution in [3.8, 4) is 5.75 Å². The van der Waals surface area contributed by atoms with Gasteiger partial charge in [-0.3, -0.25) is 4.79 Å². The maximum absolute atomic E-state index is 12.9. The van der Waals surface area contributed by atoms with Gasteiger partial charge in [0.05, 0.1) is 5.52 Å². The minimum absolute atomic E-state index is 0.106. The van der Waals surface area contributed by atoms with Gasteiger partial charge < -0.3 is 20.3 Å². The van der Waals surface area contributed by atoms with E-state index in [2.05, 4.69) is 41.8 Å². The summed E-state index contributed by atoms with van der Waals surface area (Å²) in [6.07, 6.45) is 3.76. The van der Waals surface area contributed by atoms with Gasteiger partial charge in [-0.2, -0.15) is 0 Å². The van der Waals surface area contributed by atoms with Crippen molar-refractivity contribution in [1.29, 1.82) is 0 Å². The highest BCUT2D eigenvalue weighted by molar-refractivity contribution is 6.30. The van der Waals surface area contributed by atoms with Crippen LogP contribution in [0, 0.1) is 0 Å². The highest BCUT2D eigenvalue weighted by atomic mass is 35.5. The van der Waals surface area contributed by atoms with Gasteiger partial charge >= 0.3 is 0 Å². The van der Waals surface area contributed by atoms with Crippen LogP contribution in [-0.4, -0.2) is 42.7 Å². The number of aromatic nitrogens is 1. The predicted octanol–water partition coefficient (Wildman–Crippen LogP) is 5.65. The molecule has 0 spiro atoms. The molecule has 0 aliphatic heterocycles. The number of anilines is 2. The molecule has 4 rings (SSSR count). The average Bonchev–Trinajstić information content (AvgIpc) is 2.81. The molecule has 1 saturated carbocycles. The van der Waals surface area contributed by atoms with Crippen LogP contribution in [0.2, 0.25) is 5.02 Å². The molecule has 0 bridgehead atoms. The number of hydrogen-bond donors (Lipinski definition) is 2. The summed E-state index contributed by atoms with van der Waals surface area (Å²) in [6, 6.07) is 17.9. The largest absolute Gasteiger partial charge is 0.478 e. The number of fused-ring (bicyclic) bond motifs is 1. The highest BCUT2D eigenvalue weighted by Gasteiger charge is 2.33. The van der Waals surface area contributed by atoms with Crippen LogP contribution in [-0.2, 0) is 4.79 Å². The lowest BCUT2D eigenvalue weighted by molar-refractivity contribution is -0.135. The zero-order valence-corrected chi connectivity index (χ0v) is 21.0. The Morgan fingerprint density at radius 2 is 1.68 bits per heavy atom. The third kappa shape index (κ3) is 5.73. The molecule has 6 nitrogen and oxygen atoms in total. The summed E-state index contributed by atoms with van der Waals surface area (Å²) < 4.78 is 5.93. The van der Waals surface area contributed by atoms with Crippen LogP contribution in [0.4, 0.5) is 11.5 Å². The molecule has 3 aromatic rings. The van der Waals surface area contributed by atoms with E-state index in [1.807, 2.05) is 18.2 Å². The molecule has 1 fully saturated rings. The minimum atomic E-state index is -0.972. The summed E-state index contributed by atoms with van der Waals surface area (Å²) in [6.45, 7) is 3.58. The van der Waals surface area contributed by atoms with Crippen LogP contribution < -0.4 is 20.3 Å². The molecule has 0 saturated heterocycles. The second-order valence-electron chi connectivity index (χ2n) is 9.67. The molecule has 0 unspecified atom stereocenters. The van der Waals surface area contributed by atoms with Gasteiger partial charge in [0.1, 0.15) is 11.6 Å². The molecule has 0 radical (unpaired) electrons. The number of rotatable bonds is 7. The Morgan fingerprint density at radius 3 is 2.35 bits per heavy atom. The van der Waals surface area contributed by atoms with Gasteiger partial charge in [-0.05, 0) is 69.9 Å². The maximum atomic E-state index is 12.9. The van der Waals surface area contributed by atoms with Crippen LogP contribution in [0.1, 0.15) is 39.5 Å². The molecule has 2 aromatic carbocycles. The minimum Gasteiger partial charge on any atom is -0.478 e. The molecule has 1 heterocycles. The number of nitrogens with zero attached hydrogens (tertiary/aromatic N) is 2. The van der Waals surface area contributed by atoms with E-state index in [1.165, 1.54) is 0 Å². The van der Waals surface area contributed by atoms with Crippen molar-refractivity contribution in [3.63, 3.8) is 0 Å². The lowest BCUT2D eigenvalue weighted by Gasteiger charge is -2.33. The number of amides is 1. The van der Waals surface area contributed by atoms with Crippen molar-refractivity contribution in [3.05, 3.63) is 59.6 Å². The van der Waals surface area contributed by atoms with Crippen LogP contribution in [0.5, 0.6) is 5.75 Å². The van der Waals surface area contributed by atoms with Crippen LogP contribution >= 0.6 is 11.6 Å². The highest BCUT2D eigenvalue weighted by Crippen LogP contribution is 2.29. The Kier molecular flexibility index (Phi) is 7.17. The van der Waals surface area contributed by atoms with E-state index in [4.69, 9.17) is 21.3 Å². The van der Waals surface area contributed by atoms with Gasteiger partial charge in [0, 0.05) is 48.3 Å². The first-order chi connectivity index (χ1) is 16.2. The van der Waals surface area contributed by atoms with Gasteiger partial charge in [0.15, 0.2) is 5.60 Å². The van der Waals surface area contributed by atoms with Crippen molar-refractivity contribution in [2.45, 2.75) is 57.2 Å². The molecule has 1 amide bonds. The van der Waals surface area contributed by atoms with E-state index in [-0.39, 0.29) is 11.9 Å². The Bertz CT molecular complexity index is 1140. The van der Waals surface area contributed by atoms with Gasteiger partial charge in [-0.25, -0.2) is 4.98 Å². The summed E-state index contributed by atoms with van der Waals surface area (Å²) in [5, 5.41) is 8.59. The number of carbonyl (C=O) groups is 1. The van der Waals surface area contributed by atoms with Crippen molar-refractivity contribution in [2.24, 2.45) is 0 Å². The number of hydrogen-bond acceptors (Lipinski definition) is 5. The number of benzene rings is 2. The first-order valence-electron chi connectivity index (χ1n) is 11.8. The molecule has 1 aliphatic rings. The molecule has 2 N–H and O–H groups in total. The lowest BCUT2D eigenvalue weighted by Crippen LogP contribution is -2.51. The van der Waals surface area contributed by atoms with Crippen molar-refractivity contribution < 1.29 is 9.53 Å². The molecule has 1 aromatic heterocycles. The van der Waals surface area contributed by atoms with E-state index in [1.54, 1.807) is 38.1 Å². The van der Waals surface area contributed by atoms with E-state index in [0.29, 0.717) is 16.8 Å². The third-order valence-corrected chi connectivity index (χ3v) is 6.58. The second kappa shape index (κ2) is 10.1. The summed E-state index contributed by atoms with van der Waals surface area (Å²) in [4.78, 5) is 19.9. The SMILES string of the molecule is CN(C)c1cc(NC2CCC(NC(=O)C(C)(C)Oc3ccc(Cl)cc3)CC2)nc2ccccc12. The first kappa shape index (κ1) is 24.1. The van der Waals surface area contributed by atoms with E-state index >= 15 is 0 Å². The van der Waals surface area contributed by atoms with Crippen molar-refractivity contribution >= 4 is 39.9 Å². The summed E-state index contributed by atoms with van der Waals surface area (Å²) in [5.74, 6) is 1.41. The second-order valence-corrected chi connectivity index (χ2v) is 10.1. The molecule has 7 heteroatoms. The number of ether oxygens (including phenoxy) is 1. The number of nitrogens with one attached hydrogen (secondary N) is 2. The number of pyridine rings is 1. The monoisotopic (exact) mass is 480 g/mol. The predicted molar refractivity (Wildman–Crippen MR) is 140 cm³/mol. The lowest BCUT2D eigenvalue weighted by atomic mass is 9.90. The van der Waals surface area contributed by atoms with Gasteiger partial charge in [-0.15, -0.1) is 0 Å². The maximum Gasteiger partial charge on any atom is 0.263 e. The summed E-state index contributed by atoms with van der Waals surface area (Å²) in [5.41, 5.74) is 1.16. The Balaban J connectivity index is 1.33. The number of para-hydroxylation sites is 1. The molecule has 180 valence electrons. The van der Waals surface area contributed by atoms with Crippen molar-refractivity contribution in [2.75, 3.05) is 24.3 Å². The number of carbonyl (C=O) groups excluding carboxylic acids is 1. The average molecular weight is 481 g/mol.